The molecular formula is C47H73O8P. The van der Waals surface area contributed by atoms with E-state index in [2.05, 4.69) is 128 Å². The van der Waals surface area contributed by atoms with Crippen LogP contribution in [0, 0.1) is 0 Å². The van der Waals surface area contributed by atoms with Gasteiger partial charge in [0.1, 0.15) is 6.61 Å². The van der Waals surface area contributed by atoms with E-state index in [4.69, 9.17) is 19.3 Å². The van der Waals surface area contributed by atoms with Crippen molar-refractivity contribution in [3.63, 3.8) is 0 Å². The van der Waals surface area contributed by atoms with Crippen LogP contribution < -0.4 is 0 Å². The zero-order valence-electron chi connectivity index (χ0n) is 34.5. The highest BCUT2D eigenvalue weighted by Crippen LogP contribution is 2.35. The van der Waals surface area contributed by atoms with E-state index in [1.807, 2.05) is 12.2 Å². The van der Waals surface area contributed by atoms with Crippen LogP contribution in [0.3, 0.4) is 0 Å². The molecular weight excluding hydrogens is 723 g/mol. The molecule has 0 saturated carbocycles. The summed E-state index contributed by atoms with van der Waals surface area (Å²) >= 11 is 0. The molecule has 0 spiro atoms. The smallest absolute Gasteiger partial charge is 0.462 e. The van der Waals surface area contributed by atoms with Gasteiger partial charge in [-0.3, -0.25) is 14.1 Å². The maximum Gasteiger partial charge on any atom is 0.469 e. The Balaban J connectivity index is 4.16. The zero-order chi connectivity index (χ0) is 41.1. The number of hydrogen-bond donors (Lipinski definition) is 2. The Hall–Kier alpha value is -3.55. The Labute approximate surface area is 339 Å². The third-order valence-electron chi connectivity index (χ3n) is 7.98. The highest BCUT2D eigenvalue weighted by Gasteiger charge is 2.22. The topological polar surface area (TPSA) is 119 Å². The van der Waals surface area contributed by atoms with Gasteiger partial charge >= 0.3 is 19.8 Å². The highest BCUT2D eigenvalue weighted by atomic mass is 31.2. The molecule has 2 N–H and O–H groups in total. The Morgan fingerprint density at radius 1 is 0.482 bits per heavy atom. The van der Waals surface area contributed by atoms with E-state index in [0.717, 1.165) is 77.0 Å². The van der Waals surface area contributed by atoms with Gasteiger partial charge in [0.05, 0.1) is 6.61 Å². The van der Waals surface area contributed by atoms with Crippen molar-refractivity contribution in [1.82, 2.24) is 0 Å². The van der Waals surface area contributed by atoms with E-state index in [9.17, 15) is 14.2 Å². The molecule has 0 aromatic heterocycles. The number of phosphoric acid groups is 1. The fourth-order valence-corrected chi connectivity index (χ4v) is 5.27. The van der Waals surface area contributed by atoms with Gasteiger partial charge < -0.3 is 19.3 Å². The summed E-state index contributed by atoms with van der Waals surface area (Å²) in [6, 6.07) is 0. The first-order chi connectivity index (χ1) is 27.3. The first kappa shape index (κ1) is 52.5. The molecule has 8 nitrogen and oxygen atoms in total. The van der Waals surface area contributed by atoms with Crippen LogP contribution >= 0.6 is 7.82 Å². The number of ether oxygens (including phenoxy) is 2. The number of hydrogen-bond acceptors (Lipinski definition) is 6. The summed E-state index contributed by atoms with van der Waals surface area (Å²) in [5.41, 5.74) is 0. The number of unbranched alkanes of at least 4 members (excludes halogenated alkanes) is 6. The normalized spacial score (nSPS) is 13.7. The van der Waals surface area contributed by atoms with Crippen LogP contribution in [0.15, 0.2) is 122 Å². The van der Waals surface area contributed by atoms with Crippen LogP contribution in [0.5, 0.6) is 0 Å². The molecule has 0 aliphatic carbocycles. The number of carbonyl (C=O) groups is 2. The maximum atomic E-state index is 12.4. The molecule has 9 heteroatoms. The fraction of sp³-hybridized carbons (Fsp3) is 0.532. The maximum absolute atomic E-state index is 12.4. The summed E-state index contributed by atoms with van der Waals surface area (Å²) in [6.45, 7) is 3.43. The van der Waals surface area contributed by atoms with Crippen LogP contribution in [-0.2, 0) is 28.2 Å². The quantitative estimate of drug-likeness (QED) is 0.0278. The zero-order valence-corrected chi connectivity index (χ0v) is 35.4. The Morgan fingerprint density at radius 2 is 0.893 bits per heavy atom. The number of allylic oxidation sites excluding steroid dienone is 20. The van der Waals surface area contributed by atoms with E-state index < -0.39 is 32.5 Å². The van der Waals surface area contributed by atoms with Crippen molar-refractivity contribution in [3.8, 4) is 0 Å². The van der Waals surface area contributed by atoms with Gasteiger partial charge in [-0.05, 0) is 96.3 Å². The molecule has 0 aromatic rings. The van der Waals surface area contributed by atoms with Crippen LogP contribution in [0.1, 0.15) is 142 Å². The third kappa shape index (κ3) is 43.2. The first-order valence-corrected chi connectivity index (χ1v) is 22.4. The number of rotatable bonds is 36. The van der Waals surface area contributed by atoms with Gasteiger partial charge in [-0.15, -0.1) is 0 Å². The van der Waals surface area contributed by atoms with Crippen molar-refractivity contribution in [2.24, 2.45) is 0 Å². The fourth-order valence-electron chi connectivity index (χ4n) is 4.91. The molecule has 0 fully saturated rings. The van der Waals surface area contributed by atoms with Crippen molar-refractivity contribution < 1.29 is 37.9 Å². The summed E-state index contributed by atoms with van der Waals surface area (Å²) in [6.07, 6.45) is 59.3. The lowest BCUT2D eigenvalue weighted by Crippen LogP contribution is -2.29. The molecule has 0 aromatic carbocycles. The van der Waals surface area contributed by atoms with Crippen LogP contribution in [0.25, 0.3) is 0 Å². The number of phosphoric ester groups is 1. The Morgan fingerprint density at radius 3 is 1.32 bits per heavy atom. The first-order valence-electron chi connectivity index (χ1n) is 20.8. The molecule has 0 unspecified atom stereocenters. The van der Waals surface area contributed by atoms with E-state index in [1.54, 1.807) is 0 Å². The summed E-state index contributed by atoms with van der Waals surface area (Å²) in [4.78, 5) is 42.8. The van der Waals surface area contributed by atoms with Crippen molar-refractivity contribution >= 4 is 19.8 Å². The van der Waals surface area contributed by atoms with Crippen LogP contribution in [0.2, 0.25) is 0 Å². The molecule has 314 valence electrons. The van der Waals surface area contributed by atoms with Gasteiger partial charge in [-0.1, -0.05) is 155 Å². The largest absolute Gasteiger partial charge is 0.469 e. The second-order valence-electron chi connectivity index (χ2n) is 13.2. The lowest BCUT2D eigenvalue weighted by atomic mass is 10.1. The van der Waals surface area contributed by atoms with E-state index in [1.165, 1.54) is 25.7 Å². The molecule has 0 rings (SSSR count). The minimum absolute atomic E-state index is 0.0714. The number of carbonyl (C=O) groups excluding carboxylic acids is 2. The van der Waals surface area contributed by atoms with E-state index >= 15 is 0 Å². The van der Waals surface area contributed by atoms with Crippen LogP contribution in [0.4, 0.5) is 0 Å². The Kier molecular flexibility index (Phi) is 38.5. The number of esters is 2. The second kappa shape index (κ2) is 41.1. The SMILES string of the molecule is CC/C=C/C/C=C/C/C=C/C/C=C/C/C=C/C/C=C/CCC(=O)O[C@H](COC(=O)CCCCC/C=C/C/C=C/C/C=C/C/C=C/CCCCC)COP(=O)(O)O. The lowest BCUT2D eigenvalue weighted by Gasteiger charge is -2.18. The van der Waals surface area contributed by atoms with E-state index in [0.29, 0.717) is 12.8 Å². The second-order valence-corrected chi connectivity index (χ2v) is 14.5. The summed E-state index contributed by atoms with van der Waals surface area (Å²) in [5.74, 6) is -1.03. The minimum Gasteiger partial charge on any atom is -0.462 e. The van der Waals surface area contributed by atoms with Crippen LogP contribution in [-0.4, -0.2) is 41.0 Å². The minimum atomic E-state index is -4.79. The molecule has 0 aliphatic heterocycles. The van der Waals surface area contributed by atoms with Gasteiger partial charge in [0.25, 0.3) is 0 Å². The molecule has 56 heavy (non-hydrogen) atoms. The molecule has 0 amide bonds. The highest BCUT2D eigenvalue weighted by molar-refractivity contribution is 7.46. The van der Waals surface area contributed by atoms with Crippen molar-refractivity contribution in [1.29, 1.82) is 0 Å². The molecule has 1 atom stereocenters. The van der Waals surface area contributed by atoms with Gasteiger partial charge in [0, 0.05) is 12.8 Å². The standard InChI is InChI=1S/C47H73O8P/c1-3-5-7-9-11-13-15-17-19-21-23-25-27-29-31-33-35-37-39-41-46(48)53-43-45(44-54-56(50,51)52)55-47(49)42-40-38-36-34-32-30-28-26-24-22-20-18-16-14-12-10-8-6-4-2/h6,8,11-14,17-20,23-26,29-32,36,38,45H,3-5,7,9-10,15-16,21-22,27-28,33-35,37,39-44H2,1-2H3,(H2,50,51,52)/b8-6+,13-11+,14-12+,19-17+,20-18+,25-23+,26-24+,31-29+,32-30+,38-36+/t45-/m1/s1. The van der Waals surface area contributed by atoms with Gasteiger partial charge in [0.15, 0.2) is 6.10 Å². The molecule has 0 bridgehead atoms. The predicted octanol–water partition coefficient (Wildman–Crippen LogP) is 13.0. The Bertz CT molecular complexity index is 1310. The molecule has 0 saturated heterocycles. The average molecular weight is 797 g/mol. The van der Waals surface area contributed by atoms with Gasteiger partial charge in [-0.2, -0.15) is 0 Å². The molecule has 0 heterocycles. The summed E-state index contributed by atoms with van der Waals surface area (Å²) < 4.78 is 26.3. The van der Waals surface area contributed by atoms with Crippen molar-refractivity contribution in [2.45, 2.75) is 148 Å². The third-order valence-corrected chi connectivity index (χ3v) is 8.46. The molecule has 0 aliphatic rings. The van der Waals surface area contributed by atoms with Crippen molar-refractivity contribution in [3.05, 3.63) is 122 Å². The van der Waals surface area contributed by atoms with Crippen molar-refractivity contribution in [2.75, 3.05) is 13.2 Å². The average Bonchev–Trinajstić information content (AvgIpc) is 3.17. The monoisotopic (exact) mass is 797 g/mol. The van der Waals surface area contributed by atoms with E-state index in [-0.39, 0.29) is 19.4 Å². The summed E-state index contributed by atoms with van der Waals surface area (Å²) in [7, 11) is -4.79. The summed E-state index contributed by atoms with van der Waals surface area (Å²) in [5, 5.41) is 0. The molecule has 0 radical (unpaired) electrons. The predicted molar refractivity (Wildman–Crippen MR) is 234 cm³/mol. The van der Waals surface area contributed by atoms with Gasteiger partial charge in [0.2, 0.25) is 0 Å². The van der Waals surface area contributed by atoms with Gasteiger partial charge in [-0.25, -0.2) is 4.57 Å². The lowest BCUT2D eigenvalue weighted by molar-refractivity contribution is -0.161.